The SMILES string of the molecule is CCc1c(O)c(C2OC(C)O2)c(C)[nH]c1=O. The number of aromatic nitrogens is 1. The summed E-state index contributed by atoms with van der Waals surface area (Å²) in [4.78, 5) is 14.2. The van der Waals surface area contributed by atoms with Crippen LogP contribution in [0.1, 0.15) is 37.0 Å². The quantitative estimate of drug-likeness (QED) is 0.796. The first-order valence-corrected chi connectivity index (χ1v) is 5.30. The third kappa shape index (κ3) is 1.62. The van der Waals surface area contributed by atoms with Gasteiger partial charge >= 0.3 is 0 Å². The van der Waals surface area contributed by atoms with Crippen LogP contribution in [0.5, 0.6) is 5.75 Å². The molecule has 0 spiro atoms. The van der Waals surface area contributed by atoms with E-state index in [9.17, 15) is 9.90 Å². The van der Waals surface area contributed by atoms with Gasteiger partial charge in [-0.25, -0.2) is 0 Å². The first-order chi connectivity index (χ1) is 7.54. The highest BCUT2D eigenvalue weighted by Gasteiger charge is 2.33. The molecule has 0 bridgehead atoms. The lowest BCUT2D eigenvalue weighted by Crippen LogP contribution is -2.33. The standard InChI is InChI=1S/C11H15NO4/c1-4-7-9(13)8(5(2)12-10(7)14)11-15-6(3)16-11/h6,11H,4H2,1-3H3,(H2,12,13,14). The highest BCUT2D eigenvalue weighted by molar-refractivity contribution is 5.42. The highest BCUT2D eigenvalue weighted by atomic mass is 16.9. The lowest BCUT2D eigenvalue weighted by atomic mass is 10.1. The van der Waals surface area contributed by atoms with Gasteiger partial charge < -0.3 is 19.6 Å². The molecule has 1 aliphatic rings. The molecule has 5 nitrogen and oxygen atoms in total. The second kappa shape index (κ2) is 3.92. The van der Waals surface area contributed by atoms with Gasteiger partial charge in [-0.15, -0.1) is 0 Å². The molecule has 5 heteroatoms. The average Bonchev–Trinajstić information content (AvgIpc) is 2.15. The molecule has 0 atom stereocenters. The minimum atomic E-state index is -0.572. The van der Waals surface area contributed by atoms with E-state index < -0.39 is 6.29 Å². The molecule has 0 saturated carbocycles. The fourth-order valence-corrected chi connectivity index (χ4v) is 1.87. The van der Waals surface area contributed by atoms with E-state index in [1.54, 1.807) is 13.8 Å². The molecule has 88 valence electrons. The zero-order valence-corrected chi connectivity index (χ0v) is 9.53. The number of aryl methyl sites for hydroxylation is 1. The Morgan fingerprint density at radius 1 is 1.44 bits per heavy atom. The van der Waals surface area contributed by atoms with Crippen LogP contribution in [0.25, 0.3) is 0 Å². The van der Waals surface area contributed by atoms with Gasteiger partial charge in [0, 0.05) is 5.69 Å². The van der Waals surface area contributed by atoms with Crippen molar-refractivity contribution in [3.8, 4) is 5.75 Å². The van der Waals surface area contributed by atoms with Gasteiger partial charge in [0.25, 0.3) is 5.56 Å². The molecule has 1 aromatic rings. The highest BCUT2D eigenvalue weighted by Crippen LogP contribution is 2.38. The molecular formula is C11H15NO4. The van der Waals surface area contributed by atoms with Crippen LogP contribution in [0.15, 0.2) is 4.79 Å². The fourth-order valence-electron chi connectivity index (χ4n) is 1.87. The van der Waals surface area contributed by atoms with Gasteiger partial charge in [0.15, 0.2) is 12.6 Å². The summed E-state index contributed by atoms with van der Waals surface area (Å²) in [5, 5.41) is 9.99. The lowest BCUT2D eigenvalue weighted by Gasteiger charge is -2.35. The van der Waals surface area contributed by atoms with Crippen molar-refractivity contribution in [2.24, 2.45) is 0 Å². The molecule has 2 N–H and O–H groups in total. The molecule has 0 radical (unpaired) electrons. The predicted octanol–water partition coefficient (Wildman–Crippen LogP) is 1.34. The van der Waals surface area contributed by atoms with E-state index in [0.717, 1.165) is 0 Å². The second-order valence-corrected chi connectivity index (χ2v) is 3.85. The molecule has 1 fully saturated rings. The number of hydrogen-bond donors (Lipinski definition) is 2. The van der Waals surface area contributed by atoms with Gasteiger partial charge in [0.2, 0.25) is 0 Å². The van der Waals surface area contributed by atoms with E-state index in [2.05, 4.69) is 4.98 Å². The maximum absolute atomic E-state index is 11.5. The Hall–Kier alpha value is -1.33. The summed E-state index contributed by atoms with van der Waals surface area (Å²) in [6.07, 6.45) is -0.366. The van der Waals surface area contributed by atoms with Crippen LogP contribution in [0.3, 0.4) is 0 Å². The summed E-state index contributed by atoms with van der Waals surface area (Å²) in [5.74, 6) is -0.0133. The summed E-state index contributed by atoms with van der Waals surface area (Å²) in [6.45, 7) is 5.30. The summed E-state index contributed by atoms with van der Waals surface area (Å²) in [7, 11) is 0. The number of aromatic hydroxyl groups is 1. The summed E-state index contributed by atoms with van der Waals surface area (Å²) < 4.78 is 10.6. The molecule has 16 heavy (non-hydrogen) atoms. The first-order valence-electron chi connectivity index (χ1n) is 5.30. The van der Waals surface area contributed by atoms with Crippen molar-refractivity contribution in [2.75, 3.05) is 0 Å². The van der Waals surface area contributed by atoms with Crippen LogP contribution in [0.2, 0.25) is 0 Å². The van der Waals surface area contributed by atoms with Crippen LogP contribution in [-0.4, -0.2) is 16.4 Å². The lowest BCUT2D eigenvalue weighted by molar-refractivity contribution is -0.383. The van der Waals surface area contributed by atoms with Crippen molar-refractivity contribution < 1.29 is 14.6 Å². The molecule has 1 aromatic heterocycles. The maximum atomic E-state index is 11.5. The average molecular weight is 225 g/mol. The fraction of sp³-hybridized carbons (Fsp3) is 0.545. The maximum Gasteiger partial charge on any atom is 0.255 e. The van der Waals surface area contributed by atoms with Crippen LogP contribution in [0.4, 0.5) is 0 Å². The largest absolute Gasteiger partial charge is 0.507 e. The number of ether oxygens (including phenoxy) is 2. The van der Waals surface area contributed by atoms with Crippen molar-refractivity contribution in [1.29, 1.82) is 0 Å². The summed E-state index contributed by atoms with van der Waals surface area (Å²) >= 11 is 0. The number of hydrogen-bond acceptors (Lipinski definition) is 4. The van der Waals surface area contributed by atoms with Crippen molar-refractivity contribution in [3.05, 3.63) is 27.2 Å². The third-order valence-electron chi connectivity index (χ3n) is 2.74. The zero-order chi connectivity index (χ0) is 11.9. The summed E-state index contributed by atoms with van der Waals surface area (Å²) in [5.41, 5.74) is 1.21. The van der Waals surface area contributed by atoms with Gasteiger partial charge in [-0.05, 0) is 20.3 Å². The van der Waals surface area contributed by atoms with Crippen LogP contribution in [0, 0.1) is 6.92 Å². The zero-order valence-electron chi connectivity index (χ0n) is 9.53. The normalized spacial score (nSPS) is 24.2. The Morgan fingerprint density at radius 3 is 2.56 bits per heavy atom. The van der Waals surface area contributed by atoms with Crippen molar-refractivity contribution >= 4 is 0 Å². The van der Waals surface area contributed by atoms with E-state index in [-0.39, 0.29) is 17.6 Å². The van der Waals surface area contributed by atoms with Gasteiger partial charge in [0.05, 0.1) is 11.1 Å². The first kappa shape index (κ1) is 11.2. The van der Waals surface area contributed by atoms with E-state index in [1.807, 2.05) is 6.92 Å². The van der Waals surface area contributed by atoms with E-state index >= 15 is 0 Å². The number of rotatable bonds is 2. The molecule has 1 aliphatic heterocycles. The van der Waals surface area contributed by atoms with Gasteiger partial charge in [-0.1, -0.05) is 6.92 Å². The van der Waals surface area contributed by atoms with Gasteiger partial charge in [-0.3, -0.25) is 4.79 Å². The minimum absolute atomic E-state index is 0.0133. The Kier molecular flexibility index (Phi) is 2.73. The second-order valence-electron chi connectivity index (χ2n) is 3.85. The minimum Gasteiger partial charge on any atom is -0.507 e. The molecule has 0 amide bonds. The Labute approximate surface area is 93.0 Å². The molecule has 0 unspecified atom stereocenters. The van der Waals surface area contributed by atoms with Crippen molar-refractivity contribution in [2.45, 2.75) is 39.8 Å². The van der Waals surface area contributed by atoms with E-state index in [1.165, 1.54) is 0 Å². The molecule has 0 aromatic carbocycles. The molecular weight excluding hydrogens is 210 g/mol. The van der Waals surface area contributed by atoms with E-state index in [4.69, 9.17) is 9.47 Å². The van der Waals surface area contributed by atoms with E-state index in [0.29, 0.717) is 23.2 Å². The number of nitrogens with one attached hydrogen (secondary N) is 1. The monoisotopic (exact) mass is 225 g/mol. The third-order valence-corrected chi connectivity index (χ3v) is 2.74. The molecule has 0 aliphatic carbocycles. The van der Waals surface area contributed by atoms with Crippen molar-refractivity contribution in [3.63, 3.8) is 0 Å². The number of pyridine rings is 1. The predicted molar refractivity (Wildman–Crippen MR) is 57.2 cm³/mol. The summed E-state index contributed by atoms with van der Waals surface area (Å²) in [6, 6.07) is 0. The Bertz CT molecular complexity index is 460. The van der Waals surface area contributed by atoms with Crippen LogP contribution >= 0.6 is 0 Å². The Morgan fingerprint density at radius 2 is 2.06 bits per heavy atom. The van der Waals surface area contributed by atoms with Gasteiger partial charge in [-0.2, -0.15) is 0 Å². The van der Waals surface area contributed by atoms with Crippen molar-refractivity contribution in [1.82, 2.24) is 4.98 Å². The van der Waals surface area contributed by atoms with Crippen LogP contribution < -0.4 is 5.56 Å². The Balaban J connectivity index is 2.48. The number of aromatic amines is 1. The number of H-pyrrole nitrogens is 1. The molecule has 2 heterocycles. The van der Waals surface area contributed by atoms with Gasteiger partial charge in [0.1, 0.15) is 5.75 Å². The topological polar surface area (TPSA) is 71.5 Å². The van der Waals surface area contributed by atoms with Crippen LogP contribution in [-0.2, 0) is 15.9 Å². The molecule has 1 saturated heterocycles. The molecule has 2 rings (SSSR count). The smallest absolute Gasteiger partial charge is 0.255 e.